The van der Waals surface area contributed by atoms with E-state index in [0.29, 0.717) is 0 Å². The summed E-state index contributed by atoms with van der Waals surface area (Å²) in [5.41, 5.74) is 0. The first kappa shape index (κ1) is 464. The molecule has 0 aromatic heterocycles. The summed E-state index contributed by atoms with van der Waals surface area (Å²) in [6.45, 7) is 0. The molecule has 0 aliphatic heterocycles. The molecule has 0 atom stereocenters. The number of hydrogen-bond donors (Lipinski definition) is 0. The van der Waals surface area contributed by atoms with Gasteiger partial charge in [0.1, 0.15) is 0 Å². The second-order valence-electron chi connectivity index (χ2n) is 0. The zero-order valence-electron chi connectivity index (χ0n) is 4.08. The smallest absolute Gasteiger partial charge is 0.870 e. The van der Waals surface area contributed by atoms with Gasteiger partial charge in [0.2, 0.25) is 0 Å². The first-order chi connectivity index (χ1) is 0. The topological polar surface area (TPSA) is 180 Å². The molecule has 0 rings (SSSR count). The van der Waals surface area contributed by atoms with Crippen molar-refractivity contribution in [3.05, 3.63) is 0 Å². The molecule has 0 amide bonds. The molecule has 0 fully saturated rings. The quantitative estimate of drug-likeness (QED) is 0.510. The van der Waals surface area contributed by atoms with Crippen molar-refractivity contribution >= 4 is 0 Å². The molecular weight excluding hydrogens is 276 g/mol. The first-order valence-electron chi connectivity index (χ1n) is 0. The maximum absolute atomic E-state index is 0. The second-order valence-corrected chi connectivity index (χ2v) is 0. The molecule has 9 heavy (non-hydrogen) atoms. The molecule has 0 unspecified atom stereocenters. The number of rotatable bonds is 0. The largest absolute Gasteiger partial charge is 2.00 e. The molecule has 0 aromatic carbocycles. The van der Waals surface area contributed by atoms with Crippen molar-refractivity contribution in [2.45, 2.75) is 0 Å². The van der Waals surface area contributed by atoms with Crippen LogP contribution in [0.25, 0.3) is 0 Å². The summed E-state index contributed by atoms with van der Waals surface area (Å²) in [5, 5.41) is 0. The van der Waals surface area contributed by atoms with Crippen molar-refractivity contribution in [1.29, 1.82) is 0 Å². The summed E-state index contributed by atoms with van der Waals surface area (Å²) in [7, 11) is 0. The van der Waals surface area contributed by atoms with E-state index in [1.807, 2.05) is 0 Å². The predicted octanol–water partition coefficient (Wildman–Crippen LogP) is -1.07. The van der Waals surface area contributed by atoms with Gasteiger partial charge in [-0.25, -0.2) is 0 Å². The third-order valence-electron chi connectivity index (χ3n) is 0. The van der Waals surface area contributed by atoms with Crippen molar-refractivity contribution in [2.24, 2.45) is 0 Å². The Kier molecular flexibility index (Phi) is 17300. The Bertz CT molecular complexity index is 13.0. The van der Waals surface area contributed by atoms with Gasteiger partial charge in [0.25, 0.3) is 0 Å². The summed E-state index contributed by atoms with van der Waals surface area (Å²) in [6.07, 6.45) is 0. The Hall–Kier alpha value is 1.41. The first-order valence-corrected chi connectivity index (χ1v) is 0. The van der Waals surface area contributed by atoms with E-state index in [9.17, 15) is 0 Å². The predicted molar refractivity (Wildman–Crippen MR) is 11.6 cm³/mol. The van der Waals surface area contributed by atoms with Crippen LogP contribution in [0, 0.1) is 0 Å². The van der Waals surface area contributed by atoms with E-state index in [4.69, 9.17) is 0 Å². The van der Waals surface area contributed by atoms with Gasteiger partial charge in [0.05, 0.1) is 0 Å². The molecule has 0 aliphatic carbocycles. The van der Waals surface area contributed by atoms with Crippen LogP contribution in [-0.4, -0.2) is 32.9 Å². The van der Waals surface area contributed by atoms with Crippen LogP contribution in [0.3, 0.4) is 0 Å². The maximum Gasteiger partial charge on any atom is 2.00 e. The Labute approximate surface area is 86.1 Å². The zero-order valence-corrected chi connectivity index (χ0v) is 9.19. The molecule has 0 saturated heterocycles. The van der Waals surface area contributed by atoms with Gasteiger partial charge >= 0.3 is 53.3 Å². The van der Waals surface area contributed by atoms with Crippen LogP contribution in [0.4, 0.5) is 0 Å². The summed E-state index contributed by atoms with van der Waals surface area (Å²) in [5.74, 6) is 0. The second kappa shape index (κ2) is 335. The van der Waals surface area contributed by atoms with Gasteiger partial charge < -0.3 is 32.9 Å². The molecule has 61 valence electrons. The van der Waals surface area contributed by atoms with Gasteiger partial charge in [-0.1, -0.05) is 0 Å². The van der Waals surface area contributed by atoms with Gasteiger partial charge in [0, 0.05) is 0 Å². The van der Waals surface area contributed by atoms with Gasteiger partial charge in [0.15, 0.2) is 0 Å². The van der Waals surface area contributed by atoms with Crippen LogP contribution < -0.4 is 0 Å². The summed E-state index contributed by atoms with van der Waals surface area (Å²) in [6, 6.07) is 0. The summed E-state index contributed by atoms with van der Waals surface area (Å²) in [4.78, 5) is 0. The fourth-order valence-electron chi connectivity index (χ4n) is 0. The normalized spacial score (nSPS) is 0. The Balaban J connectivity index is 0. The van der Waals surface area contributed by atoms with Crippen LogP contribution >= 0.6 is 0 Å². The zero-order chi connectivity index (χ0) is 0. The Morgan fingerprint density at radius 1 is 0.444 bits per heavy atom. The molecule has 0 bridgehead atoms. The average Bonchev–Trinajstić information content (AvgIpc) is 0. The SMILES string of the molecule is [Co+2].[Fe+2].[OH-].[OH-].[OH-].[OH-].[OH-].[OH-].[Zn+2]. The minimum absolute atomic E-state index is 0. The molecule has 6 N–H and O–H groups in total. The van der Waals surface area contributed by atoms with Crippen LogP contribution in [0.2, 0.25) is 0 Å². The monoisotopic (exact) mass is 281 g/mol. The molecule has 0 aromatic rings. The maximum atomic E-state index is 0. The van der Waals surface area contributed by atoms with Crippen molar-refractivity contribution in [3.63, 3.8) is 0 Å². The van der Waals surface area contributed by atoms with Crippen molar-refractivity contribution in [3.8, 4) is 0 Å². The van der Waals surface area contributed by atoms with Crippen molar-refractivity contribution < 1.29 is 86.2 Å². The fourth-order valence-corrected chi connectivity index (χ4v) is 0. The van der Waals surface area contributed by atoms with Crippen molar-refractivity contribution in [1.82, 2.24) is 0 Å². The van der Waals surface area contributed by atoms with Gasteiger partial charge in [-0.15, -0.1) is 0 Å². The molecule has 0 heterocycles. The molecular formula is H6CoFeO6Zn. The van der Waals surface area contributed by atoms with Crippen LogP contribution in [-0.2, 0) is 53.3 Å². The van der Waals surface area contributed by atoms with E-state index in [2.05, 4.69) is 0 Å². The van der Waals surface area contributed by atoms with Crippen molar-refractivity contribution in [2.75, 3.05) is 0 Å². The molecule has 0 aliphatic rings. The molecule has 9 heteroatoms. The van der Waals surface area contributed by atoms with E-state index >= 15 is 0 Å². The van der Waals surface area contributed by atoms with E-state index in [1.54, 1.807) is 0 Å². The van der Waals surface area contributed by atoms with E-state index in [-0.39, 0.29) is 86.2 Å². The van der Waals surface area contributed by atoms with Crippen LogP contribution in [0.5, 0.6) is 0 Å². The number of hydrogen-bond acceptors (Lipinski definition) is 6. The molecule has 0 spiro atoms. The minimum atomic E-state index is 0. The Morgan fingerprint density at radius 3 is 0.444 bits per heavy atom. The third kappa shape index (κ3) is 260. The van der Waals surface area contributed by atoms with Gasteiger partial charge in [-0.2, -0.15) is 0 Å². The standard InChI is InChI=1S/Co.Fe.6H2O.Zn/h;;6*1H2;/q2*+2;;;;;;;+2/p-6. The third-order valence-corrected chi connectivity index (χ3v) is 0. The summed E-state index contributed by atoms with van der Waals surface area (Å²) >= 11 is 0. The van der Waals surface area contributed by atoms with E-state index in [1.165, 1.54) is 0 Å². The summed E-state index contributed by atoms with van der Waals surface area (Å²) < 4.78 is 0. The molecule has 6 nitrogen and oxygen atoms in total. The van der Waals surface area contributed by atoms with Gasteiger partial charge in [-0.05, 0) is 0 Å². The van der Waals surface area contributed by atoms with Crippen LogP contribution in [0.1, 0.15) is 0 Å². The minimum Gasteiger partial charge on any atom is -0.870 e. The molecule has 0 saturated carbocycles. The Morgan fingerprint density at radius 2 is 0.444 bits per heavy atom. The average molecular weight is 282 g/mol. The fraction of sp³-hybridized carbons (Fsp3) is 0. The van der Waals surface area contributed by atoms with E-state index < -0.39 is 0 Å². The van der Waals surface area contributed by atoms with Gasteiger partial charge in [-0.3, -0.25) is 0 Å². The van der Waals surface area contributed by atoms with Crippen LogP contribution in [0.15, 0.2) is 0 Å². The molecule has 1 radical (unpaired) electrons. The van der Waals surface area contributed by atoms with E-state index in [0.717, 1.165) is 0 Å².